The topological polar surface area (TPSA) is 50.5 Å². The van der Waals surface area contributed by atoms with Crippen LogP contribution < -0.4 is 0 Å². The highest BCUT2D eigenvalue weighted by Gasteiger charge is 1.90. The zero-order chi connectivity index (χ0) is 14.2. The van der Waals surface area contributed by atoms with Crippen molar-refractivity contribution in [1.29, 1.82) is 0 Å². The first-order valence-electron chi connectivity index (χ1n) is 5.97. The maximum atomic E-state index is 5.69. The van der Waals surface area contributed by atoms with E-state index in [1.54, 1.807) is 37.0 Å². The van der Waals surface area contributed by atoms with Gasteiger partial charge in [0.25, 0.3) is 0 Å². The van der Waals surface area contributed by atoms with Gasteiger partial charge in [0.1, 0.15) is 10.3 Å². The van der Waals surface area contributed by atoms with Crippen molar-refractivity contribution in [2.75, 3.05) is 13.1 Å². The predicted molar refractivity (Wildman–Crippen MR) is 83.4 cm³/mol. The van der Waals surface area contributed by atoms with E-state index in [1.807, 2.05) is 12.1 Å². The second-order valence-corrected chi connectivity index (χ2v) is 4.67. The Kier molecular flexibility index (Phi) is 5.65. The molecule has 2 aromatic rings. The molecule has 0 aliphatic rings. The lowest BCUT2D eigenvalue weighted by Gasteiger charge is -1.93. The highest BCUT2D eigenvalue weighted by atomic mass is 35.5. The summed E-state index contributed by atoms with van der Waals surface area (Å²) in [4.78, 5) is 16.5. The highest BCUT2D eigenvalue weighted by molar-refractivity contribution is 6.29. The van der Waals surface area contributed by atoms with Gasteiger partial charge in [-0.2, -0.15) is 0 Å². The largest absolute Gasteiger partial charge is 0.291 e. The second kappa shape index (κ2) is 7.72. The summed E-state index contributed by atoms with van der Waals surface area (Å²) >= 11 is 11.4. The number of nitrogens with zero attached hydrogens (tertiary/aromatic N) is 4. The standard InChI is InChI=1S/C14H12Cl2N4/c15-13-3-1-11(9-19-13)7-17-5-6-18-8-12-2-4-14(16)20-10-12/h1-4,7-10H,5-6H2/b17-7-,18-8-. The van der Waals surface area contributed by atoms with Crippen LogP contribution in [0.25, 0.3) is 0 Å². The summed E-state index contributed by atoms with van der Waals surface area (Å²) in [6.07, 6.45) is 6.86. The van der Waals surface area contributed by atoms with Crippen molar-refractivity contribution in [3.63, 3.8) is 0 Å². The molecule has 0 atom stereocenters. The fraction of sp³-hybridized carbons (Fsp3) is 0.143. The quantitative estimate of drug-likeness (QED) is 0.483. The van der Waals surface area contributed by atoms with E-state index in [1.165, 1.54) is 0 Å². The maximum Gasteiger partial charge on any atom is 0.129 e. The van der Waals surface area contributed by atoms with Crippen molar-refractivity contribution in [3.8, 4) is 0 Å². The van der Waals surface area contributed by atoms with Gasteiger partial charge in [-0.1, -0.05) is 23.2 Å². The fourth-order valence-corrected chi connectivity index (χ4v) is 1.61. The van der Waals surface area contributed by atoms with Crippen LogP contribution >= 0.6 is 23.2 Å². The van der Waals surface area contributed by atoms with Crippen LogP contribution in [0.4, 0.5) is 0 Å². The number of aromatic nitrogens is 2. The van der Waals surface area contributed by atoms with Crippen molar-refractivity contribution in [2.24, 2.45) is 9.98 Å². The number of rotatable bonds is 5. The molecular weight excluding hydrogens is 295 g/mol. The van der Waals surface area contributed by atoms with Crippen LogP contribution in [-0.2, 0) is 0 Å². The van der Waals surface area contributed by atoms with Crippen LogP contribution in [0, 0.1) is 0 Å². The number of hydrogen-bond donors (Lipinski definition) is 0. The fourth-order valence-electron chi connectivity index (χ4n) is 1.38. The summed E-state index contributed by atoms with van der Waals surface area (Å²) in [7, 11) is 0. The molecule has 2 heterocycles. The third-order valence-corrected chi connectivity index (χ3v) is 2.79. The average Bonchev–Trinajstić information content (AvgIpc) is 2.46. The maximum absolute atomic E-state index is 5.69. The van der Waals surface area contributed by atoms with Gasteiger partial charge in [0, 0.05) is 35.9 Å². The lowest BCUT2D eigenvalue weighted by molar-refractivity contribution is 0.984. The van der Waals surface area contributed by atoms with E-state index in [-0.39, 0.29) is 0 Å². The van der Waals surface area contributed by atoms with E-state index >= 15 is 0 Å². The Morgan fingerprint density at radius 1 is 0.800 bits per heavy atom. The molecule has 6 heteroatoms. The molecule has 0 saturated heterocycles. The number of pyridine rings is 2. The van der Waals surface area contributed by atoms with E-state index in [9.17, 15) is 0 Å². The third kappa shape index (κ3) is 5.07. The van der Waals surface area contributed by atoms with E-state index in [0.717, 1.165) is 11.1 Å². The molecule has 2 aromatic heterocycles. The van der Waals surface area contributed by atoms with Crippen molar-refractivity contribution in [1.82, 2.24) is 9.97 Å². The molecule has 0 bridgehead atoms. The normalized spacial score (nSPS) is 11.5. The van der Waals surface area contributed by atoms with Gasteiger partial charge in [0.15, 0.2) is 0 Å². The summed E-state index contributed by atoms with van der Waals surface area (Å²) in [5.74, 6) is 0. The van der Waals surface area contributed by atoms with Crippen LogP contribution in [0.15, 0.2) is 46.6 Å². The summed E-state index contributed by atoms with van der Waals surface area (Å²) in [5.41, 5.74) is 1.83. The van der Waals surface area contributed by atoms with Crippen LogP contribution in [0.2, 0.25) is 10.3 Å². The minimum atomic E-state index is 0.475. The first kappa shape index (κ1) is 14.6. The highest BCUT2D eigenvalue weighted by Crippen LogP contribution is 2.04. The van der Waals surface area contributed by atoms with E-state index in [2.05, 4.69) is 20.0 Å². The van der Waals surface area contributed by atoms with Crippen molar-refractivity contribution in [3.05, 3.63) is 58.1 Å². The molecule has 0 unspecified atom stereocenters. The molecule has 2 rings (SSSR count). The van der Waals surface area contributed by atoms with Crippen molar-refractivity contribution in [2.45, 2.75) is 0 Å². The Bertz CT molecular complexity index is 536. The number of halogens is 2. The zero-order valence-electron chi connectivity index (χ0n) is 10.6. The van der Waals surface area contributed by atoms with Gasteiger partial charge >= 0.3 is 0 Å². The predicted octanol–water partition coefficient (Wildman–Crippen LogP) is 3.32. The van der Waals surface area contributed by atoms with Crippen LogP contribution in [0.3, 0.4) is 0 Å². The van der Waals surface area contributed by atoms with Crippen molar-refractivity contribution >= 4 is 35.6 Å². The summed E-state index contributed by atoms with van der Waals surface area (Å²) in [6.45, 7) is 1.22. The lowest BCUT2D eigenvalue weighted by Crippen LogP contribution is -1.91. The molecule has 0 fully saturated rings. The Morgan fingerprint density at radius 2 is 1.25 bits per heavy atom. The number of hydrogen-bond acceptors (Lipinski definition) is 4. The molecular formula is C14H12Cl2N4. The Hall–Kier alpha value is -1.78. The van der Waals surface area contributed by atoms with Gasteiger partial charge in [-0.25, -0.2) is 9.97 Å². The van der Waals surface area contributed by atoms with E-state index < -0.39 is 0 Å². The van der Waals surface area contributed by atoms with Crippen molar-refractivity contribution < 1.29 is 0 Å². The Labute approximate surface area is 127 Å². The summed E-state index contributed by atoms with van der Waals surface area (Å²) in [6, 6.07) is 7.19. The van der Waals surface area contributed by atoms with Crippen LogP contribution in [-0.4, -0.2) is 35.5 Å². The third-order valence-electron chi connectivity index (χ3n) is 2.34. The Morgan fingerprint density at radius 3 is 1.60 bits per heavy atom. The molecule has 0 saturated carbocycles. The molecule has 0 radical (unpaired) electrons. The van der Waals surface area contributed by atoms with E-state index in [4.69, 9.17) is 23.2 Å². The minimum Gasteiger partial charge on any atom is -0.291 e. The van der Waals surface area contributed by atoms with E-state index in [0.29, 0.717) is 23.4 Å². The van der Waals surface area contributed by atoms with Gasteiger partial charge in [0.2, 0.25) is 0 Å². The minimum absolute atomic E-state index is 0.475. The molecule has 0 aliphatic heterocycles. The number of aliphatic imine (C=N–C) groups is 2. The molecule has 0 aliphatic carbocycles. The monoisotopic (exact) mass is 306 g/mol. The Balaban J connectivity index is 1.76. The smallest absolute Gasteiger partial charge is 0.129 e. The molecule has 0 amide bonds. The first-order chi connectivity index (χ1) is 9.74. The van der Waals surface area contributed by atoms with Crippen LogP contribution in [0.1, 0.15) is 11.1 Å². The van der Waals surface area contributed by atoms with Gasteiger partial charge in [-0.05, 0) is 24.3 Å². The van der Waals surface area contributed by atoms with Gasteiger partial charge in [-0.15, -0.1) is 0 Å². The van der Waals surface area contributed by atoms with Gasteiger partial charge in [-0.3, -0.25) is 9.98 Å². The van der Waals surface area contributed by atoms with Gasteiger partial charge in [0.05, 0.1) is 13.1 Å². The molecule has 20 heavy (non-hydrogen) atoms. The summed E-state index contributed by atoms with van der Waals surface area (Å²) in [5, 5.41) is 0.951. The molecule has 0 N–H and O–H groups in total. The van der Waals surface area contributed by atoms with Crippen LogP contribution in [0.5, 0.6) is 0 Å². The molecule has 0 aromatic carbocycles. The lowest BCUT2D eigenvalue weighted by atomic mass is 10.3. The molecule has 0 spiro atoms. The summed E-state index contributed by atoms with van der Waals surface area (Å²) < 4.78 is 0. The zero-order valence-corrected chi connectivity index (χ0v) is 12.1. The molecule has 4 nitrogen and oxygen atoms in total. The average molecular weight is 307 g/mol. The first-order valence-corrected chi connectivity index (χ1v) is 6.72. The SMILES string of the molecule is Clc1ccc(/C=N\CC/N=C\c2ccc(Cl)nc2)cn1. The second-order valence-electron chi connectivity index (χ2n) is 3.90. The molecule has 102 valence electrons. The van der Waals surface area contributed by atoms with Gasteiger partial charge < -0.3 is 0 Å².